The fourth-order valence-corrected chi connectivity index (χ4v) is 2.32. The topological polar surface area (TPSA) is 154 Å². The van der Waals surface area contributed by atoms with E-state index in [4.69, 9.17) is 24.5 Å². The highest BCUT2D eigenvalue weighted by Gasteiger charge is 2.19. The van der Waals surface area contributed by atoms with Gasteiger partial charge in [0.1, 0.15) is 11.6 Å². The first-order valence-electron chi connectivity index (χ1n) is 8.26. The lowest BCUT2D eigenvalue weighted by atomic mass is 10.2. The van der Waals surface area contributed by atoms with Crippen LogP contribution in [0.3, 0.4) is 0 Å². The quantitative estimate of drug-likeness (QED) is 0.211. The first kappa shape index (κ1) is 24.7. The summed E-state index contributed by atoms with van der Waals surface area (Å²) < 4.78 is 45.5. The molecule has 0 aromatic carbocycles. The van der Waals surface area contributed by atoms with E-state index in [0.29, 0.717) is 26.2 Å². The Bertz CT molecular complexity index is 530. The van der Waals surface area contributed by atoms with E-state index in [1.165, 1.54) is 0 Å². The summed E-state index contributed by atoms with van der Waals surface area (Å²) in [7, 11) is -4.30. The van der Waals surface area contributed by atoms with E-state index >= 15 is 0 Å². The van der Waals surface area contributed by atoms with Crippen molar-refractivity contribution in [3.8, 4) is 0 Å². The molecular weight excluding hydrogens is 368 g/mol. The molecule has 0 aliphatic heterocycles. The zero-order valence-electron chi connectivity index (χ0n) is 15.5. The van der Waals surface area contributed by atoms with Gasteiger partial charge in [0, 0.05) is 19.6 Å². The van der Waals surface area contributed by atoms with Gasteiger partial charge in [0.05, 0.1) is 25.6 Å². The second kappa shape index (κ2) is 12.2. The van der Waals surface area contributed by atoms with Crippen LogP contribution in [0.15, 0.2) is 0 Å². The summed E-state index contributed by atoms with van der Waals surface area (Å²) in [6, 6.07) is -1.33. The summed E-state index contributed by atoms with van der Waals surface area (Å²) in [6.45, 7) is 6.83. The highest BCUT2D eigenvalue weighted by atomic mass is 32.2. The van der Waals surface area contributed by atoms with Crippen LogP contribution in [0.1, 0.15) is 33.6 Å². The number of carbonyl (C=O) groups excluding carboxylic acids is 2. The van der Waals surface area contributed by atoms with Crippen LogP contribution in [0.2, 0.25) is 0 Å². The maximum absolute atomic E-state index is 11.5. The van der Waals surface area contributed by atoms with Crippen molar-refractivity contribution in [1.29, 1.82) is 0 Å². The van der Waals surface area contributed by atoms with Crippen molar-refractivity contribution in [3.05, 3.63) is 0 Å². The maximum atomic E-state index is 11.5. The van der Waals surface area contributed by atoms with Crippen molar-refractivity contribution >= 4 is 22.0 Å². The number of ether oxygens (including phenoxy) is 3. The van der Waals surface area contributed by atoms with Crippen LogP contribution in [-0.2, 0) is 33.9 Å². The van der Waals surface area contributed by atoms with E-state index in [-0.39, 0.29) is 25.5 Å². The molecule has 0 aliphatic rings. The van der Waals surface area contributed by atoms with Gasteiger partial charge in [-0.2, -0.15) is 8.42 Å². The van der Waals surface area contributed by atoms with Crippen molar-refractivity contribution in [2.75, 3.05) is 38.7 Å². The summed E-state index contributed by atoms with van der Waals surface area (Å²) in [4.78, 5) is 22.9. The minimum atomic E-state index is -4.30. The zero-order valence-corrected chi connectivity index (χ0v) is 16.3. The van der Waals surface area contributed by atoms with Crippen LogP contribution < -0.4 is 11.1 Å². The maximum Gasteiger partial charge on any atom is 0.306 e. The molecule has 0 fully saturated rings. The minimum Gasteiger partial charge on any atom is -0.460 e. The molecule has 0 unspecified atom stereocenters. The number of carbonyl (C=O) groups is 2. The second-order valence-corrected chi connectivity index (χ2v) is 8.06. The van der Waals surface area contributed by atoms with Gasteiger partial charge in [0.25, 0.3) is 10.1 Å². The van der Waals surface area contributed by atoms with Crippen LogP contribution in [0, 0.1) is 0 Å². The molecule has 0 aromatic rings. The SMILES string of the molecule is CC(C)(C)OC(=O)CCCOCCOCCNC(=O)[C@@H](N)CS(=O)(=O)O. The summed E-state index contributed by atoms with van der Waals surface area (Å²) in [5, 5.41) is 2.39. The molecular formula is C15H30N2O8S. The molecule has 0 bridgehead atoms. The third-order valence-corrected chi connectivity index (χ3v) is 3.51. The van der Waals surface area contributed by atoms with Gasteiger partial charge in [0.2, 0.25) is 5.91 Å². The third kappa shape index (κ3) is 16.2. The van der Waals surface area contributed by atoms with Gasteiger partial charge in [-0.05, 0) is 27.2 Å². The Morgan fingerprint density at radius 3 is 2.23 bits per heavy atom. The Morgan fingerprint density at radius 2 is 1.69 bits per heavy atom. The third-order valence-electron chi connectivity index (χ3n) is 2.73. The van der Waals surface area contributed by atoms with Gasteiger partial charge in [-0.1, -0.05) is 0 Å². The van der Waals surface area contributed by atoms with Gasteiger partial charge in [-0.3, -0.25) is 14.1 Å². The summed E-state index contributed by atoms with van der Waals surface area (Å²) in [5.74, 6) is -1.79. The summed E-state index contributed by atoms with van der Waals surface area (Å²) >= 11 is 0. The molecule has 0 aliphatic carbocycles. The largest absolute Gasteiger partial charge is 0.460 e. The van der Waals surface area contributed by atoms with Crippen LogP contribution in [-0.4, -0.2) is 75.2 Å². The molecule has 1 amide bonds. The summed E-state index contributed by atoms with van der Waals surface area (Å²) in [5.41, 5.74) is 4.83. The smallest absolute Gasteiger partial charge is 0.306 e. The Kier molecular flexibility index (Phi) is 11.6. The van der Waals surface area contributed by atoms with Crippen molar-refractivity contribution in [2.45, 2.75) is 45.3 Å². The molecule has 0 aromatic heterocycles. The molecule has 0 heterocycles. The predicted octanol–water partition coefficient (Wildman–Crippen LogP) is -0.527. The van der Waals surface area contributed by atoms with E-state index in [1.807, 2.05) is 20.8 Å². The fraction of sp³-hybridized carbons (Fsp3) is 0.867. The first-order chi connectivity index (χ1) is 11.9. The monoisotopic (exact) mass is 398 g/mol. The fourth-order valence-electron chi connectivity index (χ4n) is 1.71. The standard InChI is InChI=1S/C15H30N2O8S/c1-15(2,3)25-13(18)5-4-7-23-9-10-24-8-6-17-14(19)12(16)11-26(20,21)22/h12H,4-11,16H2,1-3H3,(H,17,19)(H,20,21,22)/t12-/m0/s1. The molecule has 26 heavy (non-hydrogen) atoms. The molecule has 11 heteroatoms. The van der Waals surface area contributed by atoms with Crippen molar-refractivity contribution in [1.82, 2.24) is 5.32 Å². The molecule has 0 saturated heterocycles. The number of nitrogens with one attached hydrogen (secondary N) is 1. The number of hydrogen-bond acceptors (Lipinski definition) is 8. The molecule has 0 spiro atoms. The van der Waals surface area contributed by atoms with Crippen LogP contribution in [0.5, 0.6) is 0 Å². The van der Waals surface area contributed by atoms with Gasteiger partial charge in [0.15, 0.2) is 0 Å². The molecule has 0 radical (unpaired) electrons. The molecule has 10 nitrogen and oxygen atoms in total. The average molecular weight is 398 g/mol. The Hall–Kier alpha value is -1.27. The molecule has 4 N–H and O–H groups in total. The lowest BCUT2D eigenvalue weighted by Gasteiger charge is -2.19. The van der Waals surface area contributed by atoms with Crippen molar-refractivity contribution in [2.24, 2.45) is 5.73 Å². The first-order valence-corrected chi connectivity index (χ1v) is 9.87. The number of nitrogens with two attached hydrogens (primary N) is 1. The van der Waals surface area contributed by atoms with E-state index in [9.17, 15) is 18.0 Å². The van der Waals surface area contributed by atoms with Gasteiger partial charge >= 0.3 is 5.97 Å². The van der Waals surface area contributed by atoms with Crippen LogP contribution in [0.4, 0.5) is 0 Å². The highest BCUT2D eigenvalue weighted by molar-refractivity contribution is 7.85. The number of esters is 1. The van der Waals surface area contributed by atoms with E-state index in [0.717, 1.165) is 0 Å². The van der Waals surface area contributed by atoms with Crippen molar-refractivity contribution < 1.29 is 36.8 Å². The lowest BCUT2D eigenvalue weighted by Crippen LogP contribution is -2.45. The number of rotatable bonds is 13. The van der Waals surface area contributed by atoms with Crippen LogP contribution in [0.25, 0.3) is 0 Å². The zero-order chi connectivity index (χ0) is 20.2. The van der Waals surface area contributed by atoms with Gasteiger partial charge in [-0.15, -0.1) is 0 Å². The Morgan fingerprint density at radius 1 is 1.12 bits per heavy atom. The van der Waals surface area contributed by atoms with Gasteiger partial charge in [-0.25, -0.2) is 0 Å². The lowest BCUT2D eigenvalue weighted by molar-refractivity contribution is -0.155. The van der Waals surface area contributed by atoms with Crippen molar-refractivity contribution in [3.63, 3.8) is 0 Å². The molecule has 0 saturated carbocycles. The highest BCUT2D eigenvalue weighted by Crippen LogP contribution is 2.08. The average Bonchev–Trinajstić information content (AvgIpc) is 2.45. The second-order valence-electron chi connectivity index (χ2n) is 6.56. The van der Waals surface area contributed by atoms with Crippen LogP contribution >= 0.6 is 0 Å². The normalized spacial score (nSPS) is 13.3. The predicted molar refractivity (Wildman–Crippen MR) is 94.1 cm³/mol. The van der Waals surface area contributed by atoms with E-state index in [2.05, 4.69) is 5.32 Å². The number of hydrogen-bond donors (Lipinski definition) is 3. The Labute approximate surface area is 154 Å². The van der Waals surface area contributed by atoms with E-state index < -0.39 is 33.4 Å². The molecule has 154 valence electrons. The number of amides is 1. The molecule has 1 atom stereocenters. The minimum absolute atomic E-state index is 0.149. The van der Waals surface area contributed by atoms with E-state index in [1.54, 1.807) is 0 Å². The van der Waals surface area contributed by atoms with Gasteiger partial charge < -0.3 is 25.3 Å². The molecule has 0 rings (SSSR count). The Balaban J connectivity index is 3.52. The summed E-state index contributed by atoms with van der Waals surface area (Å²) in [6.07, 6.45) is 0.838.